The molecule has 1 fully saturated rings. The topological polar surface area (TPSA) is 38.1 Å². The first-order chi connectivity index (χ1) is 12.0. The van der Waals surface area contributed by atoms with Gasteiger partial charge in [-0.05, 0) is 61.8 Å². The quantitative estimate of drug-likeness (QED) is 0.718. The van der Waals surface area contributed by atoms with Crippen LogP contribution in [-0.2, 0) is 7.05 Å². The Morgan fingerprint density at radius 1 is 1.12 bits per heavy atom. The molecule has 5 heteroatoms. The van der Waals surface area contributed by atoms with Gasteiger partial charge in [0.05, 0.1) is 16.9 Å². The van der Waals surface area contributed by atoms with E-state index >= 15 is 0 Å². The lowest BCUT2D eigenvalue weighted by Crippen LogP contribution is -2.28. The molecule has 4 rings (SSSR count). The monoisotopic (exact) mass is 337 g/mol. The number of benzene rings is 2. The van der Waals surface area contributed by atoms with Crippen LogP contribution in [0.25, 0.3) is 22.0 Å². The molecule has 0 bridgehead atoms. The fourth-order valence-corrected chi connectivity index (χ4v) is 3.67. The second-order valence-corrected chi connectivity index (χ2v) is 6.72. The molecular weight excluding hydrogens is 317 g/mol. The number of nitrogens with zero attached hydrogens (tertiary/aromatic N) is 3. The summed E-state index contributed by atoms with van der Waals surface area (Å²) in [5.74, 6) is 0.525. The van der Waals surface area contributed by atoms with Gasteiger partial charge in [-0.25, -0.2) is 9.37 Å². The van der Waals surface area contributed by atoms with Crippen LogP contribution in [0.15, 0.2) is 47.3 Å². The van der Waals surface area contributed by atoms with Gasteiger partial charge in [-0.3, -0.25) is 14.3 Å². The highest BCUT2D eigenvalue weighted by molar-refractivity contribution is 5.83. The third-order valence-corrected chi connectivity index (χ3v) is 5.09. The number of rotatable bonds is 2. The number of aromatic nitrogens is 2. The van der Waals surface area contributed by atoms with Gasteiger partial charge in [-0.1, -0.05) is 18.2 Å². The Morgan fingerprint density at radius 3 is 2.64 bits per heavy atom. The molecule has 1 saturated heterocycles. The van der Waals surface area contributed by atoms with E-state index in [1.54, 1.807) is 23.7 Å². The molecule has 2 aromatic carbocycles. The van der Waals surface area contributed by atoms with Gasteiger partial charge in [0.2, 0.25) is 0 Å². The lowest BCUT2D eigenvalue weighted by atomic mass is 10.0. The van der Waals surface area contributed by atoms with E-state index in [-0.39, 0.29) is 17.4 Å². The zero-order chi connectivity index (χ0) is 17.6. The van der Waals surface area contributed by atoms with E-state index in [0.717, 1.165) is 36.3 Å². The van der Waals surface area contributed by atoms with Crippen molar-refractivity contribution < 1.29 is 4.39 Å². The van der Waals surface area contributed by atoms with Crippen molar-refractivity contribution in [2.24, 2.45) is 7.05 Å². The molecule has 1 unspecified atom stereocenters. The normalized spacial score (nSPS) is 18.1. The second kappa shape index (κ2) is 6.08. The minimum absolute atomic E-state index is 0.0360. The Morgan fingerprint density at radius 2 is 1.92 bits per heavy atom. The fourth-order valence-electron chi connectivity index (χ4n) is 3.67. The van der Waals surface area contributed by atoms with Crippen LogP contribution < -0.4 is 5.56 Å². The van der Waals surface area contributed by atoms with Crippen LogP contribution in [0.5, 0.6) is 0 Å². The second-order valence-electron chi connectivity index (χ2n) is 6.72. The van der Waals surface area contributed by atoms with Crippen LogP contribution in [0.3, 0.4) is 0 Å². The average molecular weight is 337 g/mol. The number of halogens is 1. The highest BCUT2D eigenvalue weighted by Crippen LogP contribution is 2.30. The molecule has 1 aliphatic rings. The van der Waals surface area contributed by atoms with Crippen LogP contribution in [0.4, 0.5) is 4.39 Å². The van der Waals surface area contributed by atoms with E-state index in [9.17, 15) is 9.18 Å². The molecular formula is C20H20FN3O. The number of likely N-dealkylation sites (tertiary alicyclic amines) is 1. The van der Waals surface area contributed by atoms with Crippen molar-refractivity contribution >= 4 is 10.9 Å². The Balaban J connectivity index is 1.89. The summed E-state index contributed by atoms with van der Waals surface area (Å²) >= 11 is 0. The van der Waals surface area contributed by atoms with Crippen LogP contribution in [0.1, 0.15) is 24.7 Å². The highest BCUT2D eigenvalue weighted by atomic mass is 19.1. The maximum atomic E-state index is 13.5. The first-order valence-electron chi connectivity index (χ1n) is 8.51. The maximum Gasteiger partial charge on any atom is 0.261 e. The van der Waals surface area contributed by atoms with Gasteiger partial charge in [-0.15, -0.1) is 0 Å². The zero-order valence-corrected chi connectivity index (χ0v) is 14.4. The predicted octanol–water partition coefficient (Wildman–Crippen LogP) is 3.51. The van der Waals surface area contributed by atoms with Gasteiger partial charge in [0, 0.05) is 7.05 Å². The fraction of sp³-hybridized carbons (Fsp3) is 0.300. The predicted molar refractivity (Wildman–Crippen MR) is 97.0 cm³/mol. The molecule has 1 aliphatic heterocycles. The number of hydrogen-bond donors (Lipinski definition) is 0. The minimum atomic E-state index is -0.275. The van der Waals surface area contributed by atoms with E-state index in [2.05, 4.69) is 11.9 Å². The first-order valence-corrected chi connectivity index (χ1v) is 8.51. The molecule has 0 radical (unpaired) electrons. The molecule has 0 saturated carbocycles. The summed E-state index contributed by atoms with van der Waals surface area (Å²) in [5.41, 5.74) is 2.27. The van der Waals surface area contributed by atoms with E-state index in [4.69, 9.17) is 4.98 Å². The Labute approximate surface area is 145 Å². The molecule has 128 valence electrons. The van der Waals surface area contributed by atoms with Crippen molar-refractivity contribution in [1.29, 1.82) is 0 Å². The van der Waals surface area contributed by atoms with Gasteiger partial charge in [0.1, 0.15) is 11.6 Å². The molecule has 0 amide bonds. The summed E-state index contributed by atoms with van der Waals surface area (Å²) in [6.45, 7) is 1.02. The lowest BCUT2D eigenvalue weighted by molar-refractivity contribution is 0.298. The van der Waals surface area contributed by atoms with E-state index < -0.39 is 0 Å². The van der Waals surface area contributed by atoms with Gasteiger partial charge in [0.25, 0.3) is 5.56 Å². The van der Waals surface area contributed by atoms with E-state index in [1.807, 2.05) is 18.2 Å². The van der Waals surface area contributed by atoms with E-state index in [0.29, 0.717) is 10.9 Å². The van der Waals surface area contributed by atoms with Crippen molar-refractivity contribution in [1.82, 2.24) is 14.5 Å². The van der Waals surface area contributed by atoms with Gasteiger partial charge in [-0.2, -0.15) is 0 Å². The van der Waals surface area contributed by atoms with Crippen LogP contribution >= 0.6 is 0 Å². The smallest absolute Gasteiger partial charge is 0.261 e. The summed E-state index contributed by atoms with van der Waals surface area (Å²) in [5, 5.41) is 0.590. The first kappa shape index (κ1) is 16.0. The molecule has 0 aliphatic carbocycles. The van der Waals surface area contributed by atoms with Crippen LogP contribution in [0.2, 0.25) is 0 Å². The van der Waals surface area contributed by atoms with Gasteiger partial charge in [0.15, 0.2) is 0 Å². The largest absolute Gasteiger partial charge is 0.298 e. The standard InChI is InChI=1S/C20H20FN3O/c1-23-10-4-7-18(23)19-22-17-12-14(13-5-3-6-15(21)11-13)8-9-16(17)20(25)24(19)2/h3,5-6,8-9,11-12,18H,4,7,10H2,1-2H3. The molecule has 0 N–H and O–H groups in total. The van der Waals surface area contributed by atoms with Crippen molar-refractivity contribution in [3.63, 3.8) is 0 Å². The third kappa shape index (κ3) is 2.74. The summed E-state index contributed by atoms with van der Waals surface area (Å²) in [6, 6.07) is 12.1. The minimum Gasteiger partial charge on any atom is -0.298 e. The molecule has 25 heavy (non-hydrogen) atoms. The summed E-state index contributed by atoms with van der Waals surface area (Å²) in [7, 11) is 3.86. The third-order valence-electron chi connectivity index (χ3n) is 5.09. The van der Waals surface area contributed by atoms with E-state index in [1.165, 1.54) is 12.1 Å². The number of hydrogen-bond acceptors (Lipinski definition) is 3. The summed E-state index contributed by atoms with van der Waals surface area (Å²) < 4.78 is 15.2. The Bertz CT molecular complexity index is 1010. The number of fused-ring (bicyclic) bond motifs is 1. The van der Waals surface area contributed by atoms with Crippen molar-refractivity contribution in [3.05, 3.63) is 64.5 Å². The Hall–Kier alpha value is -2.53. The van der Waals surface area contributed by atoms with Crippen LogP contribution in [-0.4, -0.2) is 28.0 Å². The van der Waals surface area contributed by atoms with Crippen molar-refractivity contribution in [2.75, 3.05) is 13.6 Å². The molecule has 4 nitrogen and oxygen atoms in total. The van der Waals surface area contributed by atoms with Crippen LogP contribution in [0, 0.1) is 5.82 Å². The molecule has 2 heterocycles. The SMILES string of the molecule is CN1CCCC1c1nc2cc(-c3cccc(F)c3)ccc2c(=O)n1C. The van der Waals surface area contributed by atoms with Crippen molar-refractivity contribution in [3.8, 4) is 11.1 Å². The average Bonchev–Trinajstić information content (AvgIpc) is 3.03. The molecule has 1 aromatic heterocycles. The van der Waals surface area contributed by atoms with Crippen molar-refractivity contribution in [2.45, 2.75) is 18.9 Å². The molecule has 3 aromatic rings. The molecule has 0 spiro atoms. The maximum absolute atomic E-state index is 13.5. The molecule has 1 atom stereocenters. The zero-order valence-electron chi connectivity index (χ0n) is 14.4. The summed E-state index contributed by atoms with van der Waals surface area (Å²) in [4.78, 5) is 19.8. The van der Waals surface area contributed by atoms with Gasteiger partial charge < -0.3 is 0 Å². The lowest BCUT2D eigenvalue weighted by Gasteiger charge is -2.21. The van der Waals surface area contributed by atoms with Gasteiger partial charge >= 0.3 is 0 Å². The summed E-state index contributed by atoms with van der Waals surface area (Å²) in [6.07, 6.45) is 2.12. The Kier molecular flexibility index (Phi) is 3.88. The highest BCUT2D eigenvalue weighted by Gasteiger charge is 2.26.